The van der Waals surface area contributed by atoms with Crippen molar-refractivity contribution in [3.05, 3.63) is 59.4 Å². The highest BCUT2D eigenvalue weighted by Crippen LogP contribution is 2.23. The predicted molar refractivity (Wildman–Crippen MR) is 85.6 cm³/mol. The number of anilines is 1. The van der Waals surface area contributed by atoms with Crippen LogP contribution in [0.15, 0.2) is 47.4 Å². The highest BCUT2D eigenvalue weighted by atomic mass is 32.2. The Bertz CT molecular complexity index is 881. The first-order valence-corrected chi connectivity index (χ1v) is 8.70. The molecule has 24 heavy (non-hydrogen) atoms. The molecule has 6 nitrogen and oxygen atoms in total. The number of nitrogens with one attached hydrogen (secondary N) is 2. The summed E-state index contributed by atoms with van der Waals surface area (Å²) in [4.78, 5) is 11.1. The highest BCUT2D eigenvalue weighted by molar-refractivity contribution is 7.92. The first-order chi connectivity index (χ1) is 11.3. The van der Waals surface area contributed by atoms with Crippen LogP contribution in [0.2, 0.25) is 0 Å². The minimum atomic E-state index is -3.81. The van der Waals surface area contributed by atoms with Crippen LogP contribution in [0.5, 0.6) is 0 Å². The summed E-state index contributed by atoms with van der Waals surface area (Å²) in [5.41, 5.74) is 1.81. The third-order valence-corrected chi connectivity index (χ3v) is 5.22. The van der Waals surface area contributed by atoms with E-state index in [4.69, 9.17) is 5.11 Å². The van der Waals surface area contributed by atoms with Crippen LogP contribution in [-0.4, -0.2) is 25.5 Å². The van der Waals surface area contributed by atoms with Crippen molar-refractivity contribution >= 4 is 21.7 Å². The van der Waals surface area contributed by atoms with Crippen LogP contribution in [0, 0.1) is 5.82 Å². The van der Waals surface area contributed by atoms with Gasteiger partial charge in [0, 0.05) is 12.2 Å². The average Bonchev–Trinajstić information content (AvgIpc) is 2.55. The van der Waals surface area contributed by atoms with Crippen molar-refractivity contribution in [1.29, 1.82) is 0 Å². The molecular formula is C16H15FN2O4S. The molecule has 1 aliphatic rings. The summed E-state index contributed by atoms with van der Waals surface area (Å²) in [5, 5.41) is 11.9. The summed E-state index contributed by atoms with van der Waals surface area (Å²) in [6, 6.07) is 8.93. The van der Waals surface area contributed by atoms with E-state index in [1.165, 1.54) is 36.4 Å². The molecule has 0 saturated carbocycles. The smallest absolute Gasteiger partial charge is 0.321 e. The topological polar surface area (TPSA) is 95.5 Å². The van der Waals surface area contributed by atoms with Crippen LogP contribution >= 0.6 is 0 Å². The monoisotopic (exact) mass is 350 g/mol. The van der Waals surface area contributed by atoms with Gasteiger partial charge in [-0.25, -0.2) is 12.8 Å². The van der Waals surface area contributed by atoms with E-state index in [1.54, 1.807) is 6.07 Å². The summed E-state index contributed by atoms with van der Waals surface area (Å²) in [6.07, 6.45) is 0.302. The van der Waals surface area contributed by atoms with E-state index < -0.39 is 27.9 Å². The van der Waals surface area contributed by atoms with Gasteiger partial charge in [0.1, 0.15) is 11.9 Å². The van der Waals surface area contributed by atoms with Gasteiger partial charge in [-0.05, 0) is 53.9 Å². The molecule has 8 heteroatoms. The molecular weight excluding hydrogens is 335 g/mol. The lowest BCUT2D eigenvalue weighted by Gasteiger charge is -2.23. The highest BCUT2D eigenvalue weighted by Gasteiger charge is 2.25. The molecule has 3 N–H and O–H groups in total. The molecule has 0 aromatic heterocycles. The standard InChI is InChI=1S/C16H15FN2O4S/c17-12-2-4-13(5-3-12)19-24(22,23)14-6-1-10-8-15(16(20)21)18-9-11(10)7-14/h1-7,15,18-19H,8-9H2,(H,20,21)/t15-/m0/s1. The molecule has 1 aliphatic heterocycles. The Balaban J connectivity index is 1.84. The molecule has 2 aromatic rings. The van der Waals surface area contributed by atoms with E-state index in [1.807, 2.05) is 0 Å². The Morgan fingerprint density at radius 2 is 1.88 bits per heavy atom. The number of hydrogen-bond acceptors (Lipinski definition) is 4. The van der Waals surface area contributed by atoms with E-state index in [2.05, 4.69) is 10.0 Å². The minimum Gasteiger partial charge on any atom is -0.480 e. The zero-order valence-corrected chi connectivity index (χ0v) is 13.3. The van der Waals surface area contributed by atoms with Crippen LogP contribution in [0.3, 0.4) is 0 Å². The molecule has 0 radical (unpaired) electrons. The van der Waals surface area contributed by atoms with Gasteiger partial charge in [0.25, 0.3) is 10.0 Å². The number of carboxylic acids is 1. The molecule has 0 bridgehead atoms. The van der Waals surface area contributed by atoms with Gasteiger partial charge < -0.3 is 10.4 Å². The Labute approximate surface area is 138 Å². The van der Waals surface area contributed by atoms with Crippen LogP contribution in [-0.2, 0) is 27.8 Å². The maximum atomic E-state index is 12.9. The molecule has 0 amide bonds. The number of fused-ring (bicyclic) bond motifs is 1. The first-order valence-electron chi connectivity index (χ1n) is 7.21. The number of rotatable bonds is 4. The van der Waals surface area contributed by atoms with Crippen molar-refractivity contribution in [1.82, 2.24) is 5.32 Å². The lowest BCUT2D eigenvalue weighted by molar-refractivity contribution is -0.139. The van der Waals surface area contributed by atoms with Gasteiger partial charge in [0.05, 0.1) is 4.90 Å². The van der Waals surface area contributed by atoms with Gasteiger partial charge in [0.2, 0.25) is 0 Å². The van der Waals surface area contributed by atoms with Gasteiger partial charge in [0.15, 0.2) is 0 Å². The van der Waals surface area contributed by atoms with E-state index in [9.17, 15) is 17.6 Å². The van der Waals surface area contributed by atoms with Crippen LogP contribution in [0.1, 0.15) is 11.1 Å². The van der Waals surface area contributed by atoms with Crippen molar-refractivity contribution in [3.63, 3.8) is 0 Å². The summed E-state index contributed by atoms with van der Waals surface area (Å²) < 4.78 is 40.1. The second-order valence-corrected chi connectivity index (χ2v) is 7.20. The molecule has 2 aromatic carbocycles. The Hall–Kier alpha value is -2.45. The lowest BCUT2D eigenvalue weighted by atomic mass is 9.96. The van der Waals surface area contributed by atoms with Gasteiger partial charge >= 0.3 is 5.97 Å². The van der Waals surface area contributed by atoms with Gasteiger partial charge in [-0.2, -0.15) is 0 Å². The molecule has 1 atom stereocenters. The first kappa shape index (κ1) is 16.4. The van der Waals surface area contributed by atoms with E-state index >= 15 is 0 Å². The summed E-state index contributed by atoms with van der Waals surface area (Å²) in [7, 11) is -3.81. The van der Waals surface area contributed by atoms with Crippen molar-refractivity contribution in [2.45, 2.75) is 23.9 Å². The Morgan fingerprint density at radius 1 is 1.17 bits per heavy atom. The fraction of sp³-hybridized carbons (Fsp3) is 0.188. The summed E-state index contributed by atoms with van der Waals surface area (Å²) in [5.74, 6) is -1.39. The Kier molecular flexibility index (Phi) is 4.25. The number of sulfonamides is 1. The van der Waals surface area contributed by atoms with Gasteiger partial charge in [-0.15, -0.1) is 0 Å². The quantitative estimate of drug-likeness (QED) is 0.780. The SMILES string of the molecule is O=C(O)[C@@H]1Cc2ccc(S(=O)(=O)Nc3ccc(F)cc3)cc2CN1. The molecule has 126 valence electrons. The molecule has 0 saturated heterocycles. The molecule has 1 heterocycles. The second-order valence-electron chi connectivity index (χ2n) is 5.52. The number of halogens is 1. The third-order valence-electron chi connectivity index (χ3n) is 3.85. The maximum Gasteiger partial charge on any atom is 0.321 e. The maximum absolute atomic E-state index is 12.9. The van der Waals surface area contributed by atoms with Gasteiger partial charge in [-0.1, -0.05) is 6.07 Å². The van der Waals surface area contributed by atoms with E-state index in [0.29, 0.717) is 6.42 Å². The summed E-state index contributed by atoms with van der Waals surface area (Å²) >= 11 is 0. The van der Waals surface area contributed by atoms with Crippen LogP contribution < -0.4 is 10.0 Å². The number of carboxylic acid groups (broad SMARTS) is 1. The summed E-state index contributed by atoms with van der Waals surface area (Å²) in [6.45, 7) is 0.284. The van der Waals surface area contributed by atoms with Crippen molar-refractivity contribution < 1.29 is 22.7 Å². The van der Waals surface area contributed by atoms with E-state index in [-0.39, 0.29) is 17.1 Å². The van der Waals surface area contributed by atoms with Crippen molar-refractivity contribution in [3.8, 4) is 0 Å². The zero-order valence-electron chi connectivity index (χ0n) is 12.5. The second kappa shape index (κ2) is 6.21. The molecule has 0 aliphatic carbocycles. The molecule has 0 fully saturated rings. The fourth-order valence-electron chi connectivity index (χ4n) is 2.57. The number of carbonyl (C=O) groups is 1. The Morgan fingerprint density at radius 3 is 2.54 bits per heavy atom. The fourth-order valence-corrected chi connectivity index (χ4v) is 3.67. The van der Waals surface area contributed by atoms with Crippen LogP contribution in [0.4, 0.5) is 10.1 Å². The number of aliphatic carboxylic acids is 1. The average molecular weight is 350 g/mol. The molecule has 0 unspecified atom stereocenters. The largest absolute Gasteiger partial charge is 0.480 e. The number of benzene rings is 2. The minimum absolute atomic E-state index is 0.0705. The normalized spacial score (nSPS) is 17.1. The van der Waals surface area contributed by atoms with Crippen LogP contribution in [0.25, 0.3) is 0 Å². The number of hydrogen-bond donors (Lipinski definition) is 3. The van der Waals surface area contributed by atoms with Crippen molar-refractivity contribution in [2.24, 2.45) is 0 Å². The lowest BCUT2D eigenvalue weighted by Crippen LogP contribution is -2.41. The third kappa shape index (κ3) is 3.39. The van der Waals surface area contributed by atoms with Crippen molar-refractivity contribution in [2.75, 3.05) is 4.72 Å². The van der Waals surface area contributed by atoms with Gasteiger partial charge in [-0.3, -0.25) is 9.52 Å². The molecule has 0 spiro atoms. The predicted octanol–water partition coefficient (Wildman–Crippen LogP) is 1.73. The van der Waals surface area contributed by atoms with E-state index in [0.717, 1.165) is 11.1 Å². The zero-order chi connectivity index (χ0) is 17.3. The molecule has 3 rings (SSSR count).